The summed E-state index contributed by atoms with van der Waals surface area (Å²) in [6.45, 7) is 13.2. The lowest BCUT2D eigenvalue weighted by Gasteiger charge is -2.20. The molecule has 1 heterocycles. The van der Waals surface area contributed by atoms with Crippen molar-refractivity contribution in [1.82, 2.24) is 10.2 Å². The Hall–Kier alpha value is -0.120. The van der Waals surface area contributed by atoms with Crippen molar-refractivity contribution in [1.29, 1.82) is 0 Å². The first-order valence-electron chi connectivity index (χ1n) is 6.80. The van der Waals surface area contributed by atoms with Crippen molar-refractivity contribution in [2.45, 2.75) is 39.7 Å². The Morgan fingerprint density at radius 2 is 2.25 bits per heavy atom. The molecule has 1 fully saturated rings. The van der Waals surface area contributed by atoms with Crippen LogP contribution in [0.4, 0.5) is 0 Å². The zero-order chi connectivity index (χ0) is 11.8. The number of hydrogen-bond donors (Lipinski definition) is 1. The van der Waals surface area contributed by atoms with Gasteiger partial charge >= 0.3 is 0 Å². The first-order chi connectivity index (χ1) is 7.76. The molecule has 1 N–H and O–H groups in total. The van der Waals surface area contributed by atoms with E-state index in [0.29, 0.717) is 6.10 Å². The summed E-state index contributed by atoms with van der Waals surface area (Å²) >= 11 is 0. The van der Waals surface area contributed by atoms with Crippen molar-refractivity contribution < 1.29 is 4.74 Å². The number of nitrogens with one attached hydrogen (secondary N) is 1. The smallest absolute Gasteiger partial charge is 0.0673 e. The molecule has 0 bridgehead atoms. The number of nitrogens with zero attached hydrogens (tertiary/aromatic N) is 1. The predicted molar refractivity (Wildman–Crippen MR) is 68.8 cm³/mol. The fourth-order valence-corrected chi connectivity index (χ4v) is 2.43. The minimum Gasteiger partial charge on any atom is -0.377 e. The van der Waals surface area contributed by atoms with Crippen molar-refractivity contribution in [3.05, 3.63) is 0 Å². The van der Waals surface area contributed by atoms with Crippen LogP contribution in [0.15, 0.2) is 0 Å². The third kappa shape index (κ3) is 5.28. The standard InChI is InChI=1S/C13H28N2O/c1-4-7-14-9-13-6-8-15(11-13)10-12(3)16-5-2/h12-14H,4-11H2,1-3H3. The summed E-state index contributed by atoms with van der Waals surface area (Å²) < 4.78 is 5.58. The van der Waals surface area contributed by atoms with E-state index in [1.165, 1.54) is 32.5 Å². The molecular weight excluding hydrogens is 200 g/mol. The summed E-state index contributed by atoms with van der Waals surface area (Å²) in [6.07, 6.45) is 2.96. The number of rotatable bonds is 8. The number of likely N-dealkylation sites (tertiary alicyclic amines) is 1. The molecule has 0 radical (unpaired) electrons. The van der Waals surface area contributed by atoms with Crippen LogP contribution in [0.2, 0.25) is 0 Å². The van der Waals surface area contributed by atoms with E-state index in [2.05, 4.69) is 31.0 Å². The third-order valence-corrected chi connectivity index (χ3v) is 3.20. The molecule has 1 rings (SSSR count). The molecule has 1 aliphatic heterocycles. The van der Waals surface area contributed by atoms with Gasteiger partial charge in [0.25, 0.3) is 0 Å². The van der Waals surface area contributed by atoms with Gasteiger partial charge in [-0.1, -0.05) is 6.92 Å². The number of ether oxygens (including phenoxy) is 1. The van der Waals surface area contributed by atoms with E-state index in [1.807, 2.05) is 0 Å². The average Bonchev–Trinajstić information content (AvgIpc) is 2.66. The van der Waals surface area contributed by atoms with Gasteiger partial charge in [-0.2, -0.15) is 0 Å². The summed E-state index contributed by atoms with van der Waals surface area (Å²) in [5.41, 5.74) is 0. The first kappa shape index (κ1) is 13.9. The van der Waals surface area contributed by atoms with Gasteiger partial charge in [-0.05, 0) is 52.2 Å². The molecule has 0 aliphatic carbocycles. The molecule has 2 atom stereocenters. The fourth-order valence-electron chi connectivity index (χ4n) is 2.43. The molecule has 3 heteroatoms. The Bertz CT molecular complexity index is 175. The molecule has 96 valence electrons. The molecule has 16 heavy (non-hydrogen) atoms. The van der Waals surface area contributed by atoms with Gasteiger partial charge in [0, 0.05) is 19.7 Å². The lowest BCUT2D eigenvalue weighted by Crippen LogP contribution is -2.32. The van der Waals surface area contributed by atoms with Crippen LogP contribution in [0, 0.1) is 5.92 Å². The summed E-state index contributed by atoms with van der Waals surface area (Å²) in [7, 11) is 0. The molecule has 0 amide bonds. The largest absolute Gasteiger partial charge is 0.377 e. The topological polar surface area (TPSA) is 24.5 Å². The second-order valence-electron chi connectivity index (χ2n) is 4.88. The maximum atomic E-state index is 5.58. The van der Waals surface area contributed by atoms with E-state index in [0.717, 1.165) is 25.6 Å². The van der Waals surface area contributed by atoms with Gasteiger partial charge in [-0.15, -0.1) is 0 Å². The van der Waals surface area contributed by atoms with Crippen LogP contribution in [0.1, 0.15) is 33.6 Å². The van der Waals surface area contributed by atoms with Gasteiger partial charge in [-0.3, -0.25) is 0 Å². The summed E-state index contributed by atoms with van der Waals surface area (Å²) in [5, 5.41) is 3.52. The van der Waals surface area contributed by atoms with Crippen LogP contribution in [0.3, 0.4) is 0 Å². The Morgan fingerprint density at radius 3 is 2.94 bits per heavy atom. The molecule has 0 spiro atoms. The maximum Gasteiger partial charge on any atom is 0.0673 e. The van der Waals surface area contributed by atoms with Crippen molar-refractivity contribution in [3.8, 4) is 0 Å². The Balaban J connectivity index is 2.09. The average molecular weight is 228 g/mol. The monoisotopic (exact) mass is 228 g/mol. The molecule has 0 aromatic heterocycles. The highest BCUT2D eigenvalue weighted by Crippen LogP contribution is 2.15. The second-order valence-corrected chi connectivity index (χ2v) is 4.88. The number of hydrogen-bond acceptors (Lipinski definition) is 3. The minimum atomic E-state index is 0.382. The highest BCUT2D eigenvalue weighted by Gasteiger charge is 2.23. The van der Waals surface area contributed by atoms with Gasteiger partial charge in [0.1, 0.15) is 0 Å². The van der Waals surface area contributed by atoms with E-state index in [4.69, 9.17) is 4.74 Å². The van der Waals surface area contributed by atoms with E-state index in [9.17, 15) is 0 Å². The van der Waals surface area contributed by atoms with Crippen LogP contribution in [-0.4, -0.2) is 50.3 Å². The molecule has 1 saturated heterocycles. The lowest BCUT2D eigenvalue weighted by molar-refractivity contribution is 0.0506. The minimum absolute atomic E-state index is 0.382. The fraction of sp³-hybridized carbons (Fsp3) is 1.00. The first-order valence-corrected chi connectivity index (χ1v) is 6.80. The highest BCUT2D eigenvalue weighted by molar-refractivity contribution is 4.78. The van der Waals surface area contributed by atoms with Crippen molar-refractivity contribution in [3.63, 3.8) is 0 Å². The van der Waals surface area contributed by atoms with Gasteiger partial charge in [0.2, 0.25) is 0 Å². The molecule has 0 aromatic carbocycles. The van der Waals surface area contributed by atoms with Crippen molar-refractivity contribution in [2.75, 3.05) is 39.3 Å². The maximum absolute atomic E-state index is 5.58. The zero-order valence-electron chi connectivity index (χ0n) is 11.2. The third-order valence-electron chi connectivity index (χ3n) is 3.20. The normalized spacial score (nSPS) is 23.8. The lowest BCUT2D eigenvalue weighted by atomic mass is 10.1. The van der Waals surface area contributed by atoms with Crippen LogP contribution < -0.4 is 5.32 Å². The Morgan fingerprint density at radius 1 is 1.44 bits per heavy atom. The molecule has 3 nitrogen and oxygen atoms in total. The quantitative estimate of drug-likeness (QED) is 0.640. The summed E-state index contributed by atoms with van der Waals surface area (Å²) in [5.74, 6) is 0.848. The van der Waals surface area contributed by atoms with Crippen molar-refractivity contribution in [2.24, 2.45) is 5.92 Å². The molecule has 0 aromatic rings. The van der Waals surface area contributed by atoms with Crippen LogP contribution >= 0.6 is 0 Å². The van der Waals surface area contributed by atoms with Crippen LogP contribution in [-0.2, 0) is 4.74 Å². The van der Waals surface area contributed by atoms with Gasteiger partial charge in [0.15, 0.2) is 0 Å². The van der Waals surface area contributed by atoms with E-state index in [-0.39, 0.29) is 0 Å². The Labute approximate surface area is 101 Å². The van der Waals surface area contributed by atoms with Crippen LogP contribution in [0.5, 0.6) is 0 Å². The van der Waals surface area contributed by atoms with E-state index >= 15 is 0 Å². The van der Waals surface area contributed by atoms with Crippen molar-refractivity contribution >= 4 is 0 Å². The predicted octanol–water partition coefficient (Wildman–Crippen LogP) is 1.73. The molecule has 0 saturated carbocycles. The molecule has 1 aliphatic rings. The summed E-state index contributed by atoms with van der Waals surface area (Å²) in [4.78, 5) is 2.54. The molecular formula is C13H28N2O. The summed E-state index contributed by atoms with van der Waals surface area (Å²) in [6, 6.07) is 0. The highest BCUT2D eigenvalue weighted by atomic mass is 16.5. The Kier molecular flexibility index (Phi) is 7.01. The SMILES string of the molecule is CCCNCC1CCN(CC(C)OCC)C1. The van der Waals surface area contributed by atoms with E-state index in [1.54, 1.807) is 0 Å². The van der Waals surface area contributed by atoms with Gasteiger partial charge in [-0.25, -0.2) is 0 Å². The van der Waals surface area contributed by atoms with Gasteiger partial charge in [0.05, 0.1) is 6.10 Å². The zero-order valence-corrected chi connectivity index (χ0v) is 11.2. The van der Waals surface area contributed by atoms with E-state index < -0.39 is 0 Å². The van der Waals surface area contributed by atoms with Crippen LogP contribution in [0.25, 0.3) is 0 Å². The van der Waals surface area contributed by atoms with Gasteiger partial charge < -0.3 is 15.0 Å². The molecule has 2 unspecified atom stereocenters. The second kappa shape index (κ2) is 8.04.